The molecule has 0 aromatic carbocycles. The zero-order valence-corrected chi connectivity index (χ0v) is 22.3. The second kappa shape index (κ2) is 10.0. The van der Waals surface area contributed by atoms with Gasteiger partial charge in [0.2, 0.25) is 0 Å². The highest BCUT2D eigenvalue weighted by atomic mass is 28.3. The quantitative estimate of drug-likeness (QED) is 0.349. The van der Waals surface area contributed by atoms with Crippen molar-refractivity contribution in [3.8, 4) is 17.3 Å². The smallest absolute Gasteiger partial charge is 0.145 e. The first-order chi connectivity index (χ1) is 17.3. The van der Waals surface area contributed by atoms with Crippen molar-refractivity contribution >= 4 is 19.1 Å². The fraction of sp³-hybridized carbons (Fsp3) is 0.600. The molecule has 0 aliphatic carbocycles. The molecule has 0 bridgehead atoms. The molecule has 193 valence electrons. The van der Waals surface area contributed by atoms with Crippen LogP contribution < -0.4 is 5.32 Å². The first kappa shape index (κ1) is 25.0. The normalized spacial score (nSPS) is 22.4. The van der Waals surface area contributed by atoms with Gasteiger partial charge in [-0.25, -0.2) is 14.4 Å². The summed E-state index contributed by atoms with van der Waals surface area (Å²) in [6.07, 6.45) is 7.55. The Morgan fingerprint density at radius 2 is 2.14 bits per heavy atom. The second-order valence-corrected chi connectivity index (χ2v) is 16.9. The molecule has 2 aliphatic heterocycles. The molecular formula is C25H35FN8OSi-. The van der Waals surface area contributed by atoms with Gasteiger partial charge in [-0.2, -0.15) is 30.0 Å². The van der Waals surface area contributed by atoms with Gasteiger partial charge in [0.1, 0.15) is 30.4 Å². The van der Waals surface area contributed by atoms with Gasteiger partial charge in [-0.3, -0.25) is 9.58 Å². The van der Waals surface area contributed by atoms with Crippen molar-refractivity contribution in [1.82, 2.24) is 34.5 Å². The van der Waals surface area contributed by atoms with Gasteiger partial charge in [-0.15, -0.1) is 14.1 Å². The predicted octanol–water partition coefficient (Wildman–Crippen LogP) is 3.23. The van der Waals surface area contributed by atoms with E-state index >= 15 is 0 Å². The molecule has 0 saturated carbocycles. The molecule has 5 heterocycles. The topological polar surface area (TPSA) is 96.8 Å². The fourth-order valence-corrected chi connectivity index (χ4v) is 5.99. The second-order valence-electron chi connectivity index (χ2n) is 11.3. The van der Waals surface area contributed by atoms with Crippen LogP contribution in [0.25, 0.3) is 22.3 Å². The van der Waals surface area contributed by atoms with E-state index in [2.05, 4.69) is 51.0 Å². The monoisotopic (exact) mass is 510 g/mol. The summed E-state index contributed by atoms with van der Waals surface area (Å²) in [7, 11) is -1.14. The third-order valence-electron chi connectivity index (χ3n) is 7.37. The number of nitriles is 1. The Hall–Kier alpha value is -2.65. The number of nitrogens with zero attached hydrogens (tertiary/aromatic N) is 7. The van der Waals surface area contributed by atoms with Crippen molar-refractivity contribution in [3.05, 3.63) is 31.0 Å². The lowest BCUT2D eigenvalue weighted by Gasteiger charge is -2.53. The van der Waals surface area contributed by atoms with Crippen LogP contribution in [0.1, 0.15) is 12.8 Å². The molecule has 0 radical (unpaired) electrons. The van der Waals surface area contributed by atoms with Gasteiger partial charge in [-0.1, -0.05) is 0 Å². The van der Waals surface area contributed by atoms with Gasteiger partial charge in [0.15, 0.2) is 0 Å². The zero-order valence-electron chi connectivity index (χ0n) is 21.3. The van der Waals surface area contributed by atoms with Crippen molar-refractivity contribution in [2.24, 2.45) is 0 Å². The van der Waals surface area contributed by atoms with Crippen molar-refractivity contribution < 1.29 is 9.13 Å². The highest BCUT2D eigenvalue weighted by molar-refractivity contribution is 6.76. The molecule has 3 aromatic heterocycles. The number of ether oxygens (including phenoxy) is 1. The lowest BCUT2D eigenvalue weighted by atomic mass is 9.83. The van der Waals surface area contributed by atoms with Gasteiger partial charge >= 0.3 is 0 Å². The van der Waals surface area contributed by atoms with Crippen LogP contribution in [0, 0.1) is 11.3 Å². The molecule has 2 atom stereocenters. The summed E-state index contributed by atoms with van der Waals surface area (Å²) >= 11 is 0. The minimum Gasteiger partial charge on any atom is -0.364 e. The predicted molar refractivity (Wildman–Crippen MR) is 139 cm³/mol. The van der Waals surface area contributed by atoms with Gasteiger partial charge in [0.05, 0.1) is 24.4 Å². The standard InChI is InChI=1S/C25H35FN8OSi/c1-36(2,3)11-10-35-18-32-9-5-20-23(29-17-30-24(20)32)19-12-31-34(14-19)25(6-7-27)15-33(16-25)22-4-8-28-13-21(22)26/h5,9,12,14,17,21-22,28H,4,6,8,10-11,13,15-16,18H2,1-3H3/q-1/t21-,22+/m0/s1. The highest BCUT2D eigenvalue weighted by Gasteiger charge is 2.49. The van der Waals surface area contributed by atoms with Crippen LogP contribution in [0.3, 0.4) is 0 Å². The van der Waals surface area contributed by atoms with Crippen molar-refractivity contribution in [2.75, 3.05) is 32.8 Å². The number of hydrogen-bond acceptors (Lipinski definition) is 7. The van der Waals surface area contributed by atoms with Crippen molar-refractivity contribution in [2.45, 2.75) is 63.0 Å². The Balaban J connectivity index is 1.33. The molecule has 36 heavy (non-hydrogen) atoms. The molecule has 11 heteroatoms. The van der Waals surface area contributed by atoms with Gasteiger partial charge in [0, 0.05) is 55.6 Å². The van der Waals surface area contributed by atoms with Crippen molar-refractivity contribution in [3.63, 3.8) is 0 Å². The van der Waals surface area contributed by atoms with E-state index in [9.17, 15) is 9.65 Å². The number of rotatable bonds is 9. The third kappa shape index (κ3) is 4.95. The van der Waals surface area contributed by atoms with E-state index < -0.39 is 19.8 Å². The lowest BCUT2D eigenvalue weighted by Crippen LogP contribution is -2.68. The molecule has 2 fully saturated rings. The summed E-state index contributed by atoms with van der Waals surface area (Å²) in [4.78, 5) is 11.2. The number of likely N-dealkylation sites (tertiary alicyclic amines) is 1. The fourth-order valence-electron chi connectivity index (χ4n) is 5.23. The molecule has 5 rings (SSSR count). The minimum atomic E-state index is -1.14. The Morgan fingerprint density at radius 1 is 1.31 bits per heavy atom. The Labute approximate surface area is 212 Å². The summed E-state index contributed by atoms with van der Waals surface area (Å²) in [6.45, 7) is 10.7. The molecule has 9 nitrogen and oxygen atoms in total. The molecule has 0 amide bonds. The molecule has 1 N–H and O–H groups in total. The molecule has 0 unspecified atom stereocenters. The van der Waals surface area contributed by atoms with Crippen LogP contribution >= 0.6 is 0 Å². The first-order valence-corrected chi connectivity index (χ1v) is 16.4. The summed E-state index contributed by atoms with van der Waals surface area (Å²) in [5.74, 6) is 0. The average molecular weight is 511 g/mol. The Morgan fingerprint density at radius 3 is 2.89 bits per heavy atom. The number of nitrogens with one attached hydrogen (secondary N) is 1. The van der Waals surface area contributed by atoms with Crippen LogP contribution in [-0.4, -0.2) is 82.3 Å². The first-order valence-electron chi connectivity index (χ1n) is 12.7. The van der Waals surface area contributed by atoms with Crippen LogP contribution in [0.2, 0.25) is 25.7 Å². The number of halogens is 1. The maximum atomic E-state index is 14.5. The molecule has 0 spiro atoms. The Kier molecular flexibility index (Phi) is 6.96. The van der Waals surface area contributed by atoms with Crippen molar-refractivity contribution in [1.29, 1.82) is 5.26 Å². The average Bonchev–Trinajstić information content (AvgIpc) is 3.47. The molecule has 2 saturated heterocycles. The SMILES string of the molecule is C[Si-](C)(C)CCOCn1ccc2c(-c3cnn(C4(CC#N)CN([C@@H]5CCNC[C@@H]5F)C4)c3)ncnc21. The van der Waals surface area contributed by atoms with Crippen LogP contribution in [-0.2, 0) is 17.0 Å². The highest BCUT2D eigenvalue weighted by Crippen LogP contribution is 2.37. The summed E-state index contributed by atoms with van der Waals surface area (Å²) < 4.78 is 24.3. The lowest BCUT2D eigenvalue weighted by molar-refractivity contribution is -0.0560. The summed E-state index contributed by atoms with van der Waals surface area (Å²) in [5.41, 5.74) is 2.06. The number of hydrogen-bond donors (Lipinski definition) is 1. The summed E-state index contributed by atoms with van der Waals surface area (Å²) in [5, 5.41) is 18.2. The van der Waals surface area contributed by atoms with Gasteiger partial charge in [0.25, 0.3) is 0 Å². The molecule has 3 aromatic rings. The maximum Gasteiger partial charge on any atom is 0.145 e. The van der Waals surface area contributed by atoms with E-state index in [0.717, 1.165) is 47.9 Å². The number of aromatic nitrogens is 5. The van der Waals surface area contributed by atoms with E-state index in [1.807, 2.05) is 27.7 Å². The zero-order chi connectivity index (χ0) is 25.3. The molecular weight excluding hydrogens is 475 g/mol. The number of alkyl halides is 1. The van der Waals surface area contributed by atoms with Gasteiger partial charge in [-0.05, 0) is 19.0 Å². The third-order valence-corrected chi connectivity index (χ3v) is 9.07. The largest absolute Gasteiger partial charge is 0.364 e. The Bertz CT molecular complexity index is 1240. The number of fused-ring (bicyclic) bond motifs is 1. The van der Waals surface area contributed by atoms with Crippen LogP contribution in [0.4, 0.5) is 4.39 Å². The van der Waals surface area contributed by atoms with E-state index in [0.29, 0.717) is 32.8 Å². The van der Waals surface area contributed by atoms with E-state index in [-0.39, 0.29) is 6.04 Å². The maximum absolute atomic E-state index is 14.5. The van der Waals surface area contributed by atoms with E-state index in [1.165, 1.54) is 0 Å². The number of piperidine rings is 1. The van der Waals surface area contributed by atoms with Crippen LogP contribution in [0.15, 0.2) is 31.0 Å². The van der Waals surface area contributed by atoms with E-state index in [1.54, 1.807) is 12.5 Å². The molecule has 2 aliphatic rings. The summed E-state index contributed by atoms with van der Waals surface area (Å²) in [6, 6.07) is 5.36. The van der Waals surface area contributed by atoms with Gasteiger partial charge < -0.3 is 14.6 Å². The van der Waals surface area contributed by atoms with Crippen LogP contribution in [0.5, 0.6) is 0 Å². The minimum absolute atomic E-state index is 0.0951. The van der Waals surface area contributed by atoms with E-state index in [4.69, 9.17) is 4.74 Å².